The van der Waals surface area contributed by atoms with E-state index >= 15 is 0 Å². The topological polar surface area (TPSA) is 89.7 Å². The van der Waals surface area contributed by atoms with E-state index in [0.29, 0.717) is 13.0 Å². The smallest absolute Gasteiger partial charge is 0.410 e. The summed E-state index contributed by atoms with van der Waals surface area (Å²) >= 11 is 0. The SMILES string of the molecule is NS(=O)(=O)CC1CCCCN1C(=O)OCc1ccccc1. The van der Waals surface area contributed by atoms with E-state index in [4.69, 9.17) is 9.88 Å². The zero-order valence-corrected chi connectivity index (χ0v) is 12.6. The molecule has 0 saturated carbocycles. The third kappa shape index (κ3) is 5.02. The lowest BCUT2D eigenvalue weighted by molar-refractivity contribution is 0.0728. The van der Waals surface area contributed by atoms with Gasteiger partial charge in [0.2, 0.25) is 10.0 Å². The molecule has 1 aliphatic heterocycles. The van der Waals surface area contributed by atoms with E-state index < -0.39 is 22.2 Å². The number of hydrogen-bond donors (Lipinski definition) is 1. The molecule has 1 aliphatic rings. The third-order valence-corrected chi connectivity index (χ3v) is 4.34. The Morgan fingerprint density at radius 2 is 2.00 bits per heavy atom. The Balaban J connectivity index is 1.95. The van der Waals surface area contributed by atoms with Gasteiger partial charge in [-0.3, -0.25) is 0 Å². The summed E-state index contributed by atoms with van der Waals surface area (Å²) in [5, 5.41) is 5.09. The fourth-order valence-electron chi connectivity index (χ4n) is 2.48. The van der Waals surface area contributed by atoms with Crippen molar-refractivity contribution in [1.82, 2.24) is 4.90 Å². The van der Waals surface area contributed by atoms with Crippen LogP contribution in [0, 0.1) is 0 Å². The highest BCUT2D eigenvalue weighted by Gasteiger charge is 2.30. The van der Waals surface area contributed by atoms with Gasteiger partial charge in [0.15, 0.2) is 0 Å². The summed E-state index contributed by atoms with van der Waals surface area (Å²) in [6.07, 6.45) is 1.90. The number of likely N-dealkylation sites (tertiary alicyclic amines) is 1. The van der Waals surface area contributed by atoms with Gasteiger partial charge in [0.25, 0.3) is 0 Å². The molecule has 0 radical (unpaired) electrons. The van der Waals surface area contributed by atoms with Crippen LogP contribution in [0.1, 0.15) is 24.8 Å². The third-order valence-electron chi connectivity index (χ3n) is 3.49. The maximum atomic E-state index is 12.1. The highest BCUT2D eigenvalue weighted by atomic mass is 32.2. The Morgan fingerprint density at radius 1 is 1.29 bits per heavy atom. The zero-order valence-electron chi connectivity index (χ0n) is 11.8. The van der Waals surface area contributed by atoms with Crippen LogP contribution in [-0.4, -0.2) is 37.8 Å². The van der Waals surface area contributed by atoms with Crippen LogP contribution in [0.25, 0.3) is 0 Å². The van der Waals surface area contributed by atoms with Gasteiger partial charge in [0.1, 0.15) is 6.61 Å². The lowest BCUT2D eigenvalue weighted by Gasteiger charge is -2.34. The molecule has 1 saturated heterocycles. The van der Waals surface area contributed by atoms with Gasteiger partial charge >= 0.3 is 6.09 Å². The second-order valence-electron chi connectivity index (χ2n) is 5.21. The second kappa shape index (κ2) is 6.91. The van der Waals surface area contributed by atoms with Crippen LogP contribution in [0.4, 0.5) is 4.79 Å². The maximum absolute atomic E-state index is 12.1. The summed E-state index contributed by atoms with van der Waals surface area (Å²) in [6, 6.07) is 8.97. The molecule has 2 rings (SSSR count). The minimum absolute atomic E-state index is 0.179. The number of benzene rings is 1. The predicted molar refractivity (Wildman–Crippen MR) is 78.9 cm³/mol. The molecular formula is C14H20N2O4S. The molecular weight excluding hydrogens is 292 g/mol. The van der Waals surface area contributed by atoms with Crippen molar-refractivity contribution in [2.75, 3.05) is 12.3 Å². The second-order valence-corrected chi connectivity index (χ2v) is 6.87. The van der Waals surface area contributed by atoms with Gasteiger partial charge in [0.05, 0.1) is 11.8 Å². The Kier molecular flexibility index (Phi) is 5.19. The average molecular weight is 312 g/mol. The fraction of sp³-hybridized carbons (Fsp3) is 0.500. The summed E-state index contributed by atoms with van der Waals surface area (Å²) < 4.78 is 27.8. The molecule has 1 aromatic rings. The number of sulfonamides is 1. The first-order chi connectivity index (χ1) is 9.96. The van der Waals surface area contributed by atoms with Gasteiger partial charge in [-0.2, -0.15) is 0 Å². The first kappa shape index (κ1) is 15.8. The van der Waals surface area contributed by atoms with Crippen molar-refractivity contribution in [1.29, 1.82) is 0 Å². The molecule has 116 valence electrons. The highest BCUT2D eigenvalue weighted by molar-refractivity contribution is 7.89. The number of carbonyl (C=O) groups is 1. The van der Waals surface area contributed by atoms with Crippen LogP contribution >= 0.6 is 0 Å². The molecule has 6 nitrogen and oxygen atoms in total. The first-order valence-corrected chi connectivity index (χ1v) is 8.65. The Morgan fingerprint density at radius 3 is 2.67 bits per heavy atom. The van der Waals surface area contributed by atoms with E-state index in [9.17, 15) is 13.2 Å². The van der Waals surface area contributed by atoms with Gasteiger partial charge in [-0.05, 0) is 24.8 Å². The number of carbonyl (C=O) groups excluding carboxylic acids is 1. The molecule has 1 atom stereocenters. The largest absolute Gasteiger partial charge is 0.445 e. The lowest BCUT2D eigenvalue weighted by atomic mass is 10.0. The van der Waals surface area contributed by atoms with Crippen molar-refractivity contribution in [3.05, 3.63) is 35.9 Å². The van der Waals surface area contributed by atoms with Crippen molar-refractivity contribution >= 4 is 16.1 Å². The highest BCUT2D eigenvalue weighted by Crippen LogP contribution is 2.19. The van der Waals surface area contributed by atoms with E-state index in [1.54, 1.807) is 0 Å². The van der Waals surface area contributed by atoms with Gasteiger partial charge in [-0.15, -0.1) is 0 Å². The number of hydrogen-bond acceptors (Lipinski definition) is 4. The van der Waals surface area contributed by atoms with Crippen LogP contribution in [0.2, 0.25) is 0 Å². The number of nitrogens with zero attached hydrogens (tertiary/aromatic N) is 1. The summed E-state index contributed by atoms with van der Waals surface area (Å²) in [5.74, 6) is -0.215. The zero-order chi connectivity index (χ0) is 15.3. The van der Waals surface area contributed by atoms with Crippen molar-refractivity contribution in [3.8, 4) is 0 Å². The van der Waals surface area contributed by atoms with E-state index in [1.807, 2.05) is 30.3 Å². The first-order valence-electron chi connectivity index (χ1n) is 6.93. The molecule has 0 bridgehead atoms. The van der Waals surface area contributed by atoms with Crippen LogP contribution in [0.15, 0.2) is 30.3 Å². The molecule has 0 aliphatic carbocycles. The van der Waals surface area contributed by atoms with Crippen molar-refractivity contribution in [2.45, 2.75) is 31.9 Å². The predicted octanol–water partition coefficient (Wildman–Crippen LogP) is 1.47. The molecule has 21 heavy (non-hydrogen) atoms. The summed E-state index contributed by atoms with van der Waals surface area (Å²) in [4.78, 5) is 13.6. The number of amides is 1. The Bertz CT molecular complexity index is 574. The summed E-state index contributed by atoms with van der Waals surface area (Å²) in [7, 11) is -3.61. The minimum Gasteiger partial charge on any atom is -0.445 e. The van der Waals surface area contributed by atoms with E-state index in [2.05, 4.69) is 0 Å². The van der Waals surface area contributed by atoms with E-state index in [0.717, 1.165) is 18.4 Å². The lowest BCUT2D eigenvalue weighted by Crippen LogP contribution is -2.48. The van der Waals surface area contributed by atoms with Crippen LogP contribution in [0.3, 0.4) is 0 Å². The van der Waals surface area contributed by atoms with Crippen LogP contribution in [0.5, 0.6) is 0 Å². The van der Waals surface area contributed by atoms with Gasteiger partial charge in [-0.1, -0.05) is 30.3 Å². The number of piperidine rings is 1. The molecule has 2 N–H and O–H groups in total. The van der Waals surface area contributed by atoms with Gasteiger partial charge < -0.3 is 9.64 Å². The summed E-state index contributed by atoms with van der Waals surface area (Å²) in [5.41, 5.74) is 0.894. The molecule has 0 aromatic heterocycles. The Labute approximate surface area is 124 Å². The van der Waals surface area contributed by atoms with Crippen molar-refractivity contribution in [3.63, 3.8) is 0 Å². The van der Waals surface area contributed by atoms with Crippen molar-refractivity contribution in [2.24, 2.45) is 5.14 Å². The molecule has 1 amide bonds. The van der Waals surface area contributed by atoms with E-state index in [1.165, 1.54) is 4.90 Å². The Hall–Kier alpha value is -1.60. The normalized spacial score (nSPS) is 19.3. The van der Waals surface area contributed by atoms with Crippen LogP contribution < -0.4 is 5.14 Å². The quantitative estimate of drug-likeness (QED) is 0.911. The van der Waals surface area contributed by atoms with E-state index in [-0.39, 0.29) is 12.4 Å². The fourth-order valence-corrected chi connectivity index (χ4v) is 3.37. The standard InChI is InChI=1S/C14H20N2O4S/c15-21(18,19)11-13-8-4-5-9-16(13)14(17)20-10-12-6-2-1-3-7-12/h1-3,6-7,13H,4-5,8-11H2,(H2,15,18,19). The molecule has 7 heteroatoms. The molecule has 1 unspecified atom stereocenters. The van der Waals surface area contributed by atoms with Gasteiger partial charge in [0, 0.05) is 6.54 Å². The number of nitrogens with two attached hydrogens (primary N) is 1. The van der Waals surface area contributed by atoms with Crippen molar-refractivity contribution < 1.29 is 17.9 Å². The molecule has 1 aromatic carbocycles. The molecule has 1 heterocycles. The van der Waals surface area contributed by atoms with Gasteiger partial charge in [-0.25, -0.2) is 18.4 Å². The number of ether oxygens (including phenoxy) is 1. The van der Waals surface area contributed by atoms with Crippen LogP contribution in [-0.2, 0) is 21.4 Å². The summed E-state index contributed by atoms with van der Waals surface area (Å²) in [6.45, 7) is 0.687. The monoisotopic (exact) mass is 312 g/mol. The molecule has 0 spiro atoms. The minimum atomic E-state index is -3.61. The number of rotatable bonds is 4. The number of primary sulfonamides is 1. The average Bonchev–Trinajstić information content (AvgIpc) is 2.45. The molecule has 1 fully saturated rings. The maximum Gasteiger partial charge on any atom is 0.410 e.